The first-order chi connectivity index (χ1) is 12.4. The van der Waals surface area contributed by atoms with E-state index in [1.807, 2.05) is 5.10 Å². The summed E-state index contributed by atoms with van der Waals surface area (Å²) in [4.78, 5) is 7.70. The van der Waals surface area contributed by atoms with Crippen LogP contribution in [0.1, 0.15) is 17.1 Å². The van der Waals surface area contributed by atoms with Crippen LogP contribution in [0.5, 0.6) is 0 Å². The Bertz CT molecular complexity index is 1080. The summed E-state index contributed by atoms with van der Waals surface area (Å²) in [7, 11) is 0. The molecular weight excluding hydrogens is 354 g/mol. The van der Waals surface area contributed by atoms with Crippen molar-refractivity contribution in [1.82, 2.24) is 34.8 Å². The Labute approximate surface area is 142 Å². The largest absolute Gasteiger partial charge is 0.451 e. The summed E-state index contributed by atoms with van der Waals surface area (Å²) in [5, 5.41) is 13.1. The van der Waals surface area contributed by atoms with Crippen LogP contribution in [0.4, 0.5) is 17.6 Å². The van der Waals surface area contributed by atoms with Gasteiger partial charge < -0.3 is 0 Å². The number of aromatic nitrogens is 7. The average molecular weight is 363 g/mol. The summed E-state index contributed by atoms with van der Waals surface area (Å²) in [6.07, 6.45) is -1.80. The quantitative estimate of drug-likeness (QED) is 0.566. The van der Waals surface area contributed by atoms with Crippen LogP contribution in [0.25, 0.3) is 17.2 Å². The van der Waals surface area contributed by atoms with Crippen molar-refractivity contribution in [1.29, 1.82) is 0 Å². The molecule has 0 aliphatic rings. The van der Waals surface area contributed by atoms with Gasteiger partial charge >= 0.3 is 6.18 Å². The lowest BCUT2D eigenvalue weighted by Crippen LogP contribution is -2.07. The molecule has 0 saturated carbocycles. The highest BCUT2D eigenvalue weighted by molar-refractivity contribution is 5.54. The fourth-order valence-electron chi connectivity index (χ4n) is 2.45. The van der Waals surface area contributed by atoms with Crippen LogP contribution in [-0.4, -0.2) is 34.8 Å². The van der Waals surface area contributed by atoms with Crippen LogP contribution in [0, 0.1) is 5.82 Å². The Balaban J connectivity index is 1.80. The number of halogens is 4. The highest BCUT2D eigenvalue weighted by atomic mass is 19.4. The standard InChI is InChI=1S/C15H9F4N7/c16-9-4-2-1-3-8(9)5-10-13-24-20-7-26(13)6-11(21-10)12-22-14(25-23-12)15(17,18)19/h1-4,6-7H,5H2,(H,22,23,25). The molecule has 26 heavy (non-hydrogen) atoms. The molecule has 7 nitrogen and oxygen atoms in total. The van der Waals surface area contributed by atoms with Crippen molar-refractivity contribution in [3.63, 3.8) is 0 Å². The molecule has 0 spiro atoms. The third-order valence-electron chi connectivity index (χ3n) is 3.65. The van der Waals surface area contributed by atoms with E-state index in [1.165, 1.54) is 23.0 Å². The molecule has 0 unspecified atom stereocenters. The van der Waals surface area contributed by atoms with Crippen LogP contribution >= 0.6 is 0 Å². The van der Waals surface area contributed by atoms with Crippen molar-refractivity contribution in [3.05, 3.63) is 59.7 Å². The maximum atomic E-state index is 13.9. The van der Waals surface area contributed by atoms with Gasteiger partial charge in [0.05, 0.1) is 5.69 Å². The summed E-state index contributed by atoms with van der Waals surface area (Å²) < 4.78 is 53.5. The van der Waals surface area contributed by atoms with E-state index in [-0.39, 0.29) is 17.9 Å². The zero-order valence-corrected chi connectivity index (χ0v) is 12.9. The lowest BCUT2D eigenvalue weighted by Gasteiger charge is -2.06. The molecule has 0 radical (unpaired) electrons. The third-order valence-corrected chi connectivity index (χ3v) is 3.65. The van der Waals surface area contributed by atoms with Gasteiger partial charge in [-0.15, -0.1) is 10.2 Å². The molecule has 0 atom stereocenters. The Kier molecular flexibility index (Phi) is 3.63. The lowest BCUT2D eigenvalue weighted by molar-refractivity contribution is -0.144. The van der Waals surface area contributed by atoms with E-state index < -0.39 is 17.8 Å². The van der Waals surface area contributed by atoms with Gasteiger partial charge in [-0.1, -0.05) is 18.2 Å². The summed E-state index contributed by atoms with van der Waals surface area (Å²) in [6, 6.07) is 6.13. The van der Waals surface area contributed by atoms with Gasteiger partial charge in [-0.2, -0.15) is 18.3 Å². The maximum absolute atomic E-state index is 13.9. The van der Waals surface area contributed by atoms with Crippen LogP contribution in [-0.2, 0) is 12.6 Å². The molecule has 0 fully saturated rings. The van der Waals surface area contributed by atoms with E-state index >= 15 is 0 Å². The highest BCUT2D eigenvalue weighted by Crippen LogP contribution is 2.27. The molecule has 4 rings (SSSR count). The minimum atomic E-state index is -4.65. The van der Waals surface area contributed by atoms with Crippen LogP contribution < -0.4 is 0 Å². The van der Waals surface area contributed by atoms with Crippen LogP contribution in [0.3, 0.4) is 0 Å². The molecule has 0 bridgehead atoms. The van der Waals surface area contributed by atoms with Crippen LogP contribution in [0.15, 0.2) is 36.8 Å². The number of alkyl halides is 3. The topological polar surface area (TPSA) is 84.7 Å². The van der Waals surface area contributed by atoms with Gasteiger partial charge in [-0.25, -0.2) is 14.4 Å². The molecule has 4 aromatic rings. The van der Waals surface area contributed by atoms with Gasteiger partial charge in [-0.05, 0) is 11.6 Å². The number of fused-ring (bicyclic) bond motifs is 1. The van der Waals surface area contributed by atoms with E-state index in [9.17, 15) is 17.6 Å². The number of H-pyrrole nitrogens is 1. The molecule has 3 aromatic heterocycles. The summed E-state index contributed by atoms with van der Waals surface area (Å²) in [6.45, 7) is 0. The summed E-state index contributed by atoms with van der Waals surface area (Å²) in [5.74, 6) is -1.88. The fourth-order valence-corrected chi connectivity index (χ4v) is 2.45. The molecule has 0 saturated heterocycles. The first-order valence-electron chi connectivity index (χ1n) is 7.34. The number of nitrogens with zero attached hydrogens (tertiary/aromatic N) is 6. The van der Waals surface area contributed by atoms with E-state index in [2.05, 4.69) is 25.3 Å². The second-order valence-electron chi connectivity index (χ2n) is 5.41. The zero-order valence-electron chi connectivity index (χ0n) is 12.9. The molecule has 0 aliphatic carbocycles. The minimum Gasteiger partial charge on any atom is -0.285 e. The number of aromatic amines is 1. The minimum absolute atomic E-state index is 0.0791. The molecule has 11 heteroatoms. The van der Waals surface area contributed by atoms with Crippen LogP contribution in [0.2, 0.25) is 0 Å². The molecule has 0 aliphatic heterocycles. The number of hydrogen-bond donors (Lipinski definition) is 1. The second kappa shape index (κ2) is 5.86. The Hall–Kier alpha value is -3.37. The SMILES string of the molecule is Fc1ccccc1Cc1nc(-c2n[nH]c(C(F)(F)F)n2)cn2cnnc12. The first kappa shape index (κ1) is 16.1. The van der Waals surface area contributed by atoms with Gasteiger partial charge in [0.15, 0.2) is 5.65 Å². The molecule has 3 heterocycles. The van der Waals surface area contributed by atoms with Gasteiger partial charge in [0, 0.05) is 12.6 Å². The molecular formula is C15H9F4N7. The summed E-state index contributed by atoms with van der Waals surface area (Å²) >= 11 is 0. The van der Waals surface area contributed by atoms with Gasteiger partial charge in [-0.3, -0.25) is 9.50 Å². The van der Waals surface area contributed by atoms with Crippen molar-refractivity contribution in [2.75, 3.05) is 0 Å². The van der Waals surface area contributed by atoms with Crippen molar-refractivity contribution in [2.45, 2.75) is 12.6 Å². The average Bonchev–Trinajstić information content (AvgIpc) is 3.25. The lowest BCUT2D eigenvalue weighted by atomic mass is 10.1. The molecule has 1 aromatic carbocycles. The van der Waals surface area contributed by atoms with E-state index in [0.29, 0.717) is 16.9 Å². The smallest absolute Gasteiger partial charge is 0.285 e. The third kappa shape index (κ3) is 2.87. The normalized spacial score (nSPS) is 12.0. The maximum Gasteiger partial charge on any atom is 0.451 e. The van der Waals surface area contributed by atoms with Crippen molar-refractivity contribution in [2.24, 2.45) is 0 Å². The number of benzene rings is 1. The zero-order chi connectivity index (χ0) is 18.3. The van der Waals surface area contributed by atoms with Gasteiger partial charge in [0.2, 0.25) is 11.6 Å². The molecule has 0 amide bonds. The Morgan fingerprint density at radius 1 is 1.12 bits per heavy atom. The number of nitrogens with one attached hydrogen (secondary N) is 1. The highest BCUT2D eigenvalue weighted by Gasteiger charge is 2.35. The molecule has 132 valence electrons. The monoisotopic (exact) mass is 363 g/mol. The van der Waals surface area contributed by atoms with Crippen molar-refractivity contribution < 1.29 is 17.6 Å². The predicted molar refractivity (Wildman–Crippen MR) is 80.4 cm³/mol. The number of hydrogen-bond acceptors (Lipinski definition) is 5. The Morgan fingerprint density at radius 3 is 2.65 bits per heavy atom. The van der Waals surface area contributed by atoms with Crippen molar-refractivity contribution >= 4 is 5.65 Å². The second-order valence-corrected chi connectivity index (χ2v) is 5.41. The predicted octanol–water partition coefficient (Wildman–Crippen LogP) is 2.66. The fraction of sp³-hybridized carbons (Fsp3) is 0.133. The van der Waals surface area contributed by atoms with Crippen molar-refractivity contribution in [3.8, 4) is 11.5 Å². The summed E-state index contributed by atoms with van der Waals surface area (Å²) in [5.41, 5.74) is 1.15. The van der Waals surface area contributed by atoms with Gasteiger partial charge in [0.1, 0.15) is 17.8 Å². The number of rotatable bonds is 3. The van der Waals surface area contributed by atoms with E-state index in [1.54, 1.807) is 18.2 Å². The van der Waals surface area contributed by atoms with E-state index in [4.69, 9.17) is 0 Å². The van der Waals surface area contributed by atoms with Gasteiger partial charge in [0.25, 0.3) is 0 Å². The molecule has 1 N–H and O–H groups in total. The Morgan fingerprint density at radius 2 is 1.92 bits per heavy atom. The first-order valence-corrected chi connectivity index (χ1v) is 7.34. The van der Waals surface area contributed by atoms with E-state index in [0.717, 1.165) is 0 Å².